The molecule has 0 unspecified atom stereocenters. The minimum atomic E-state index is 0.344. The van der Waals surface area contributed by atoms with Gasteiger partial charge in [-0.1, -0.05) is 25.4 Å². The minimum Gasteiger partial charge on any atom is -0.338 e. The Labute approximate surface area is 97.0 Å². The van der Waals surface area contributed by atoms with Gasteiger partial charge in [0.05, 0.1) is 6.54 Å². The number of nitrogens with zero attached hydrogens (tertiary/aromatic N) is 3. The zero-order chi connectivity index (χ0) is 11.5. The Hall–Kier alpha value is -0.900. The van der Waals surface area contributed by atoms with Gasteiger partial charge in [-0.05, 0) is 26.3 Å². The highest BCUT2D eigenvalue weighted by molar-refractivity contribution is 4.92. The van der Waals surface area contributed by atoms with Crippen LogP contribution in [0.5, 0.6) is 0 Å². The molecule has 1 aliphatic heterocycles. The summed E-state index contributed by atoms with van der Waals surface area (Å²) in [4.78, 5) is 6.85. The van der Waals surface area contributed by atoms with Crippen LogP contribution in [0.15, 0.2) is 4.52 Å². The molecule has 0 spiro atoms. The summed E-state index contributed by atoms with van der Waals surface area (Å²) in [7, 11) is 0. The fraction of sp³-hybridized carbons (Fsp3) is 0.833. The highest BCUT2D eigenvalue weighted by Gasteiger charge is 2.20. The summed E-state index contributed by atoms with van der Waals surface area (Å²) in [5, 5.41) is 3.99. The molecule has 0 bridgehead atoms. The topological polar surface area (TPSA) is 42.2 Å². The molecule has 1 aliphatic rings. The molecule has 16 heavy (non-hydrogen) atoms. The lowest BCUT2D eigenvalue weighted by Gasteiger charge is -2.31. The van der Waals surface area contributed by atoms with E-state index >= 15 is 0 Å². The van der Waals surface area contributed by atoms with Gasteiger partial charge in [-0.2, -0.15) is 4.98 Å². The van der Waals surface area contributed by atoms with Crippen LogP contribution in [0.25, 0.3) is 0 Å². The van der Waals surface area contributed by atoms with Crippen LogP contribution in [0, 0.1) is 0 Å². The molecule has 1 aromatic rings. The predicted octanol–water partition coefficient (Wildman–Crippen LogP) is 2.57. The Kier molecular flexibility index (Phi) is 3.59. The van der Waals surface area contributed by atoms with Crippen molar-refractivity contribution in [3.8, 4) is 0 Å². The Balaban J connectivity index is 1.97. The summed E-state index contributed by atoms with van der Waals surface area (Å²) in [6.07, 6.45) is 3.92. The molecule has 1 atom stereocenters. The van der Waals surface area contributed by atoms with E-state index in [4.69, 9.17) is 4.52 Å². The van der Waals surface area contributed by atoms with E-state index in [1.165, 1.54) is 19.3 Å². The Morgan fingerprint density at radius 3 is 2.88 bits per heavy atom. The van der Waals surface area contributed by atoms with Gasteiger partial charge in [-0.25, -0.2) is 0 Å². The second-order valence-corrected chi connectivity index (χ2v) is 5.02. The van der Waals surface area contributed by atoms with Crippen LogP contribution in [-0.4, -0.2) is 27.6 Å². The van der Waals surface area contributed by atoms with Crippen molar-refractivity contribution in [3.63, 3.8) is 0 Å². The molecule has 0 aromatic carbocycles. The van der Waals surface area contributed by atoms with Crippen LogP contribution >= 0.6 is 0 Å². The van der Waals surface area contributed by atoms with Gasteiger partial charge >= 0.3 is 0 Å². The second kappa shape index (κ2) is 4.95. The van der Waals surface area contributed by atoms with Gasteiger partial charge < -0.3 is 4.52 Å². The Morgan fingerprint density at radius 1 is 1.44 bits per heavy atom. The zero-order valence-corrected chi connectivity index (χ0v) is 10.4. The molecule has 4 heteroatoms. The van der Waals surface area contributed by atoms with E-state index < -0.39 is 0 Å². The van der Waals surface area contributed by atoms with Crippen molar-refractivity contribution in [2.45, 2.75) is 58.5 Å². The molecule has 0 saturated carbocycles. The highest BCUT2D eigenvalue weighted by Crippen LogP contribution is 2.19. The summed E-state index contributed by atoms with van der Waals surface area (Å²) in [6, 6.07) is 0.642. The number of aromatic nitrogens is 2. The predicted molar refractivity (Wildman–Crippen MR) is 62.1 cm³/mol. The molecule has 2 heterocycles. The van der Waals surface area contributed by atoms with Crippen LogP contribution in [-0.2, 0) is 6.54 Å². The van der Waals surface area contributed by atoms with E-state index in [1.807, 2.05) is 0 Å². The maximum absolute atomic E-state index is 5.27. The smallest absolute Gasteiger partial charge is 0.240 e. The van der Waals surface area contributed by atoms with Crippen LogP contribution in [0.3, 0.4) is 0 Å². The first-order valence-electron chi connectivity index (χ1n) is 6.23. The van der Waals surface area contributed by atoms with Gasteiger partial charge in [0.15, 0.2) is 5.82 Å². The molecule has 1 aromatic heterocycles. The summed E-state index contributed by atoms with van der Waals surface area (Å²) < 4.78 is 5.27. The number of rotatable bonds is 3. The van der Waals surface area contributed by atoms with Crippen molar-refractivity contribution in [2.24, 2.45) is 0 Å². The van der Waals surface area contributed by atoms with Gasteiger partial charge in [-0.15, -0.1) is 0 Å². The van der Waals surface area contributed by atoms with Crippen molar-refractivity contribution in [2.75, 3.05) is 6.54 Å². The van der Waals surface area contributed by atoms with E-state index in [-0.39, 0.29) is 0 Å². The molecular formula is C12H21N3O. The summed E-state index contributed by atoms with van der Waals surface area (Å²) in [6.45, 7) is 8.40. The lowest BCUT2D eigenvalue weighted by molar-refractivity contribution is 0.135. The molecule has 1 fully saturated rings. The van der Waals surface area contributed by atoms with Crippen molar-refractivity contribution in [3.05, 3.63) is 11.7 Å². The normalized spacial score (nSPS) is 22.9. The third kappa shape index (κ3) is 2.61. The maximum atomic E-state index is 5.27. The average Bonchev–Trinajstić information content (AvgIpc) is 2.70. The van der Waals surface area contributed by atoms with Gasteiger partial charge in [0.2, 0.25) is 5.89 Å². The van der Waals surface area contributed by atoms with E-state index in [9.17, 15) is 0 Å². The minimum absolute atomic E-state index is 0.344. The fourth-order valence-corrected chi connectivity index (χ4v) is 2.13. The van der Waals surface area contributed by atoms with Crippen LogP contribution in [0.1, 0.15) is 57.7 Å². The zero-order valence-electron chi connectivity index (χ0n) is 10.4. The molecule has 4 nitrogen and oxygen atoms in total. The molecule has 0 radical (unpaired) electrons. The lowest BCUT2D eigenvalue weighted by atomic mass is 10.0. The van der Waals surface area contributed by atoms with E-state index in [0.717, 1.165) is 24.8 Å². The highest BCUT2D eigenvalue weighted by atomic mass is 16.5. The maximum Gasteiger partial charge on any atom is 0.240 e. The second-order valence-electron chi connectivity index (χ2n) is 5.02. The van der Waals surface area contributed by atoms with Gasteiger partial charge in [-0.3, -0.25) is 4.90 Å². The van der Waals surface area contributed by atoms with Crippen molar-refractivity contribution in [1.29, 1.82) is 0 Å². The molecule has 2 rings (SSSR count). The lowest BCUT2D eigenvalue weighted by Crippen LogP contribution is -2.36. The first kappa shape index (κ1) is 11.6. The van der Waals surface area contributed by atoms with Gasteiger partial charge in [0.1, 0.15) is 0 Å². The van der Waals surface area contributed by atoms with Crippen molar-refractivity contribution in [1.82, 2.24) is 15.0 Å². The average molecular weight is 223 g/mol. The van der Waals surface area contributed by atoms with Crippen molar-refractivity contribution < 1.29 is 4.52 Å². The molecule has 0 amide bonds. The third-order valence-corrected chi connectivity index (χ3v) is 3.28. The summed E-state index contributed by atoms with van der Waals surface area (Å²) in [5.74, 6) is 1.92. The first-order chi connectivity index (χ1) is 7.66. The van der Waals surface area contributed by atoms with Crippen molar-refractivity contribution >= 4 is 0 Å². The van der Waals surface area contributed by atoms with Gasteiger partial charge in [0, 0.05) is 12.0 Å². The van der Waals surface area contributed by atoms with Gasteiger partial charge in [0.25, 0.3) is 0 Å². The van der Waals surface area contributed by atoms with Crippen LogP contribution < -0.4 is 0 Å². The quantitative estimate of drug-likeness (QED) is 0.789. The standard InChI is InChI=1S/C12H21N3O/c1-9(2)12-13-11(16-14-12)8-15-7-5-4-6-10(15)3/h9-10H,4-8H2,1-3H3/t10-/m1/s1. The largest absolute Gasteiger partial charge is 0.338 e. The van der Waals surface area contributed by atoms with Crippen LogP contribution in [0.4, 0.5) is 0 Å². The number of likely N-dealkylation sites (tertiary alicyclic amines) is 1. The number of hydrogen-bond donors (Lipinski definition) is 0. The molecule has 1 saturated heterocycles. The SMILES string of the molecule is CC(C)c1noc(CN2CCCC[C@H]2C)n1. The third-order valence-electron chi connectivity index (χ3n) is 3.28. The number of piperidine rings is 1. The van der Waals surface area contributed by atoms with E-state index in [0.29, 0.717) is 12.0 Å². The molecule has 90 valence electrons. The molecule has 0 N–H and O–H groups in total. The molecule has 0 aliphatic carbocycles. The van der Waals surface area contributed by atoms with Crippen LogP contribution in [0.2, 0.25) is 0 Å². The summed E-state index contributed by atoms with van der Waals surface area (Å²) >= 11 is 0. The number of hydrogen-bond acceptors (Lipinski definition) is 4. The Morgan fingerprint density at radius 2 is 2.25 bits per heavy atom. The fourth-order valence-electron chi connectivity index (χ4n) is 2.13. The monoisotopic (exact) mass is 223 g/mol. The first-order valence-corrected chi connectivity index (χ1v) is 6.23. The van der Waals surface area contributed by atoms with E-state index in [2.05, 4.69) is 35.8 Å². The van der Waals surface area contributed by atoms with E-state index in [1.54, 1.807) is 0 Å². The Bertz CT molecular complexity index is 335. The molecular weight excluding hydrogens is 202 g/mol. The summed E-state index contributed by atoms with van der Waals surface area (Å²) in [5.41, 5.74) is 0.